The molecule has 168 valence electrons. The second-order valence-electron chi connectivity index (χ2n) is 7.73. The molecule has 0 bridgehead atoms. The average molecular weight is 461 g/mol. The van der Waals surface area contributed by atoms with E-state index in [2.05, 4.69) is 10.4 Å². The highest BCUT2D eigenvalue weighted by atomic mass is 32.2. The largest absolute Gasteiger partial charge is 0.352 e. The van der Waals surface area contributed by atoms with E-state index in [4.69, 9.17) is 5.14 Å². The minimum Gasteiger partial charge on any atom is -0.352 e. The molecule has 0 saturated carbocycles. The Morgan fingerprint density at radius 1 is 0.970 bits per heavy atom. The number of carbonyl (C=O) groups excluding carboxylic acids is 1. The number of amides is 1. The van der Waals surface area contributed by atoms with Gasteiger partial charge in [0.25, 0.3) is 5.91 Å². The molecular formula is C25H24N4O3S. The molecule has 0 saturated heterocycles. The van der Waals surface area contributed by atoms with Gasteiger partial charge in [0, 0.05) is 18.3 Å². The zero-order valence-corrected chi connectivity index (χ0v) is 18.9. The van der Waals surface area contributed by atoms with E-state index in [9.17, 15) is 13.2 Å². The van der Waals surface area contributed by atoms with Crippen molar-refractivity contribution in [1.29, 1.82) is 0 Å². The van der Waals surface area contributed by atoms with Crippen LogP contribution in [0.15, 0.2) is 90.0 Å². The number of hydrogen-bond donors (Lipinski definition) is 2. The Labute approximate surface area is 192 Å². The molecular weight excluding hydrogens is 436 g/mol. The van der Waals surface area contributed by atoms with Gasteiger partial charge in [-0.15, -0.1) is 0 Å². The first-order chi connectivity index (χ1) is 15.8. The second-order valence-corrected chi connectivity index (χ2v) is 9.29. The van der Waals surface area contributed by atoms with E-state index in [0.717, 1.165) is 22.4 Å². The lowest BCUT2D eigenvalue weighted by Gasteiger charge is -2.06. The normalized spacial score (nSPS) is 11.3. The Morgan fingerprint density at radius 2 is 1.64 bits per heavy atom. The van der Waals surface area contributed by atoms with Gasteiger partial charge in [-0.05, 0) is 43.2 Å². The Bertz CT molecular complexity index is 1360. The van der Waals surface area contributed by atoms with Crippen LogP contribution < -0.4 is 10.5 Å². The minimum atomic E-state index is -3.72. The molecule has 1 heterocycles. The fourth-order valence-electron chi connectivity index (χ4n) is 3.44. The van der Waals surface area contributed by atoms with E-state index >= 15 is 0 Å². The molecule has 7 nitrogen and oxygen atoms in total. The summed E-state index contributed by atoms with van der Waals surface area (Å²) in [6.45, 7) is 2.40. The van der Waals surface area contributed by atoms with Crippen molar-refractivity contribution in [2.24, 2.45) is 5.14 Å². The van der Waals surface area contributed by atoms with Crippen molar-refractivity contribution in [2.75, 3.05) is 6.54 Å². The number of hydrogen-bond acceptors (Lipinski definition) is 4. The van der Waals surface area contributed by atoms with Gasteiger partial charge >= 0.3 is 0 Å². The fraction of sp³-hybridized carbons (Fsp3) is 0.120. The van der Waals surface area contributed by atoms with Crippen molar-refractivity contribution >= 4 is 15.9 Å². The van der Waals surface area contributed by atoms with Crippen LogP contribution in [0.3, 0.4) is 0 Å². The highest BCUT2D eigenvalue weighted by Gasteiger charge is 2.18. The lowest BCUT2D eigenvalue weighted by atomic mass is 10.1. The molecule has 3 N–H and O–H groups in total. The molecule has 8 heteroatoms. The van der Waals surface area contributed by atoms with E-state index in [1.54, 1.807) is 23.0 Å². The van der Waals surface area contributed by atoms with Crippen molar-refractivity contribution in [3.63, 3.8) is 0 Å². The topological polar surface area (TPSA) is 107 Å². The molecule has 0 aliphatic carbocycles. The maximum atomic E-state index is 13.1. The van der Waals surface area contributed by atoms with Crippen LogP contribution in [0.2, 0.25) is 0 Å². The number of aromatic nitrogens is 2. The molecule has 0 atom stereocenters. The number of rotatable bonds is 7. The second kappa shape index (κ2) is 9.40. The van der Waals surface area contributed by atoms with Gasteiger partial charge < -0.3 is 5.32 Å². The molecule has 33 heavy (non-hydrogen) atoms. The van der Waals surface area contributed by atoms with Crippen molar-refractivity contribution in [2.45, 2.75) is 18.2 Å². The van der Waals surface area contributed by atoms with Crippen molar-refractivity contribution in [3.05, 3.63) is 102 Å². The van der Waals surface area contributed by atoms with E-state index in [0.29, 0.717) is 24.2 Å². The summed E-state index contributed by atoms with van der Waals surface area (Å²) in [5.74, 6) is -0.228. The summed E-state index contributed by atoms with van der Waals surface area (Å²) >= 11 is 0. The van der Waals surface area contributed by atoms with Crippen molar-refractivity contribution < 1.29 is 13.2 Å². The number of nitrogens with zero attached hydrogens (tertiary/aromatic N) is 2. The monoisotopic (exact) mass is 460 g/mol. The first-order valence-corrected chi connectivity index (χ1v) is 12.0. The third-order valence-electron chi connectivity index (χ3n) is 5.26. The summed E-state index contributed by atoms with van der Waals surface area (Å²) < 4.78 is 24.5. The maximum absolute atomic E-state index is 13.1. The summed E-state index contributed by atoms with van der Waals surface area (Å²) in [6, 6.07) is 23.8. The van der Waals surface area contributed by atoms with Crippen molar-refractivity contribution in [1.82, 2.24) is 15.1 Å². The van der Waals surface area contributed by atoms with Crippen LogP contribution in [-0.2, 0) is 16.4 Å². The van der Waals surface area contributed by atoms with Gasteiger partial charge in [-0.3, -0.25) is 4.79 Å². The number of aryl methyl sites for hydroxylation is 1. The number of benzene rings is 3. The van der Waals surface area contributed by atoms with E-state index in [1.807, 2.05) is 61.5 Å². The summed E-state index contributed by atoms with van der Waals surface area (Å²) in [5.41, 5.74) is 4.84. The Morgan fingerprint density at radius 3 is 2.27 bits per heavy atom. The third-order valence-corrected chi connectivity index (χ3v) is 6.18. The Balaban J connectivity index is 1.53. The molecule has 1 amide bonds. The molecule has 0 aliphatic rings. The molecule has 3 aromatic carbocycles. The quantitative estimate of drug-likeness (QED) is 0.440. The van der Waals surface area contributed by atoms with Gasteiger partial charge in [0.1, 0.15) is 5.69 Å². The zero-order valence-electron chi connectivity index (χ0n) is 18.1. The molecule has 1 aromatic heterocycles. The van der Waals surface area contributed by atoms with Gasteiger partial charge in [-0.25, -0.2) is 18.2 Å². The predicted molar refractivity (Wildman–Crippen MR) is 128 cm³/mol. The van der Waals surface area contributed by atoms with Crippen LogP contribution in [0.1, 0.15) is 21.5 Å². The SMILES string of the molecule is Cc1ccc(-n2cc(C(=O)NCCc3ccc(S(N)(=O)=O)cc3)c(-c3ccccc3)n2)cc1. The van der Waals surface area contributed by atoms with Crippen LogP contribution in [0.25, 0.3) is 16.9 Å². The molecule has 0 spiro atoms. The number of carbonyl (C=O) groups is 1. The smallest absolute Gasteiger partial charge is 0.255 e. The van der Waals surface area contributed by atoms with Crippen LogP contribution in [0.4, 0.5) is 0 Å². The Kier molecular flexibility index (Phi) is 6.39. The number of nitrogens with two attached hydrogens (primary N) is 1. The van der Waals surface area contributed by atoms with E-state index < -0.39 is 10.0 Å². The van der Waals surface area contributed by atoms with Crippen LogP contribution in [-0.4, -0.2) is 30.7 Å². The Hall–Kier alpha value is -3.75. The molecule has 0 radical (unpaired) electrons. The average Bonchev–Trinajstić information content (AvgIpc) is 3.25. The van der Waals surface area contributed by atoms with Gasteiger partial charge in [-0.2, -0.15) is 5.10 Å². The van der Waals surface area contributed by atoms with Gasteiger partial charge in [0.15, 0.2) is 0 Å². The van der Waals surface area contributed by atoms with Crippen molar-refractivity contribution in [3.8, 4) is 16.9 Å². The number of nitrogens with one attached hydrogen (secondary N) is 1. The minimum absolute atomic E-state index is 0.0614. The van der Waals surface area contributed by atoms with Crippen LogP contribution >= 0.6 is 0 Å². The summed E-state index contributed by atoms with van der Waals surface area (Å²) in [7, 11) is -3.72. The molecule has 4 aromatic rings. The van der Waals surface area contributed by atoms with Gasteiger partial charge in [-0.1, -0.05) is 60.2 Å². The van der Waals surface area contributed by atoms with Gasteiger partial charge in [0.2, 0.25) is 10.0 Å². The lowest BCUT2D eigenvalue weighted by molar-refractivity contribution is 0.0954. The first-order valence-electron chi connectivity index (χ1n) is 10.4. The van der Waals surface area contributed by atoms with Gasteiger partial charge in [0.05, 0.1) is 16.1 Å². The summed E-state index contributed by atoms with van der Waals surface area (Å²) in [4.78, 5) is 13.1. The molecule has 0 aliphatic heterocycles. The van der Waals surface area contributed by atoms with E-state index in [1.165, 1.54) is 12.1 Å². The third kappa shape index (κ3) is 5.36. The molecule has 0 fully saturated rings. The predicted octanol–water partition coefficient (Wildman–Crippen LogP) is 3.47. The summed E-state index contributed by atoms with van der Waals surface area (Å²) in [6.07, 6.45) is 2.28. The number of primary sulfonamides is 1. The number of sulfonamides is 1. The fourth-order valence-corrected chi connectivity index (χ4v) is 3.96. The zero-order chi connectivity index (χ0) is 23.4. The standard InChI is InChI=1S/C25H24N4O3S/c1-18-7-11-21(12-8-18)29-17-23(24(28-29)20-5-3-2-4-6-20)25(30)27-16-15-19-9-13-22(14-10-19)33(26,31)32/h2-14,17H,15-16H2,1H3,(H,27,30)(H2,26,31,32). The van der Waals surface area contributed by atoms with Crippen LogP contribution in [0, 0.1) is 6.92 Å². The highest BCUT2D eigenvalue weighted by molar-refractivity contribution is 7.89. The summed E-state index contributed by atoms with van der Waals surface area (Å²) in [5, 5.41) is 12.8. The maximum Gasteiger partial charge on any atom is 0.255 e. The highest BCUT2D eigenvalue weighted by Crippen LogP contribution is 2.24. The van der Waals surface area contributed by atoms with E-state index in [-0.39, 0.29) is 10.8 Å². The molecule has 4 rings (SSSR count). The first kappa shape index (κ1) is 22.4. The lowest BCUT2D eigenvalue weighted by Crippen LogP contribution is -2.25. The molecule has 0 unspecified atom stereocenters. The van der Waals surface area contributed by atoms with Crippen LogP contribution in [0.5, 0.6) is 0 Å².